The van der Waals surface area contributed by atoms with Crippen LogP contribution in [0.1, 0.15) is 44.5 Å². The molecule has 15 rings (SSSR count). The predicted molar refractivity (Wildman–Crippen MR) is 269 cm³/mol. The first-order chi connectivity index (χ1) is 33.2. The Hall–Kier alpha value is -8.73. The fourth-order valence-electron chi connectivity index (χ4n) is 12.4. The van der Waals surface area contributed by atoms with Gasteiger partial charge in [0.25, 0.3) is 0 Å². The van der Waals surface area contributed by atoms with E-state index in [9.17, 15) is 0 Å². The zero-order valence-electron chi connectivity index (χ0n) is 36.1. The summed E-state index contributed by atoms with van der Waals surface area (Å²) >= 11 is 0. The highest BCUT2D eigenvalue weighted by molar-refractivity contribution is 6.13. The van der Waals surface area contributed by atoms with E-state index in [4.69, 9.17) is 19.4 Å². The van der Waals surface area contributed by atoms with Gasteiger partial charge in [-0.25, -0.2) is 15.0 Å². The summed E-state index contributed by atoms with van der Waals surface area (Å²) in [7, 11) is 0. The molecule has 0 bridgehead atoms. The molecule has 67 heavy (non-hydrogen) atoms. The summed E-state index contributed by atoms with van der Waals surface area (Å²) in [5.41, 5.74) is 18.5. The Kier molecular flexibility index (Phi) is 7.33. The molecule has 0 unspecified atom stereocenters. The molecule has 4 heteroatoms. The first-order valence-electron chi connectivity index (χ1n) is 23.0. The molecule has 3 aliphatic carbocycles. The van der Waals surface area contributed by atoms with Gasteiger partial charge in [-0.3, -0.25) is 0 Å². The molecule has 12 aromatic rings. The van der Waals surface area contributed by atoms with Crippen molar-refractivity contribution in [1.82, 2.24) is 15.0 Å². The first-order valence-corrected chi connectivity index (χ1v) is 23.0. The minimum Gasteiger partial charge on any atom is -0.456 e. The van der Waals surface area contributed by atoms with Gasteiger partial charge in [-0.05, 0) is 102 Å². The molecule has 0 amide bonds. The number of hydrogen-bond donors (Lipinski definition) is 0. The van der Waals surface area contributed by atoms with E-state index in [-0.39, 0.29) is 0 Å². The lowest BCUT2D eigenvalue weighted by atomic mass is 9.52. The Morgan fingerprint density at radius 3 is 1.49 bits per heavy atom. The molecule has 310 valence electrons. The van der Waals surface area contributed by atoms with Crippen molar-refractivity contribution in [2.45, 2.75) is 10.8 Å². The van der Waals surface area contributed by atoms with Crippen molar-refractivity contribution in [1.29, 1.82) is 0 Å². The summed E-state index contributed by atoms with van der Waals surface area (Å²) in [4.78, 5) is 15.7. The van der Waals surface area contributed by atoms with Gasteiger partial charge in [0.2, 0.25) is 0 Å². The number of benzene rings is 10. The number of para-hydroxylation sites is 1. The molecule has 0 atom stereocenters. The van der Waals surface area contributed by atoms with E-state index in [2.05, 4.69) is 206 Å². The minimum absolute atomic E-state index is 0.543. The van der Waals surface area contributed by atoms with E-state index in [0.717, 1.165) is 49.6 Å². The third-order valence-electron chi connectivity index (χ3n) is 15.0. The molecule has 3 aliphatic rings. The smallest absolute Gasteiger partial charge is 0.164 e. The van der Waals surface area contributed by atoms with Crippen molar-refractivity contribution in [3.8, 4) is 56.4 Å². The highest BCUT2D eigenvalue weighted by Crippen LogP contribution is 2.68. The lowest BCUT2D eigenvalue weighted by Crippen LogP contribution is -2.43. The number of hydrogen-bond acceptors (Lipinski definition) is 4. The maximum atomic E-state index is 6.78. The van der Waals surface area contributed by atoms with Gasteiger partial charge in [-0.15, -0.1) is 0 Å². The maximum absolute atomic E-state index is 6.78. The van der Waals surface area contributed by atoms with Crippen LogP contribution in [0.15, 0.2) is 229 Å². The topological polar surface area (TPSA) is 51.8 Å². The Balaban J connectivity index is 1.05. The van der Waals surface area contributed by atoms with Crippen LogP contribution in [0.25, 0.3) is 89.1 Å². The quantitative estimate of drug-likeness (QED) is 0.178. The van der Waals surface area contributed by atoms with E-state index >= 15 is 0 Å². The van der Waals surface area contributed by atoms with Gasteiger partial charge < -0.3 is 4.42 Å². The second-order valence-electron chi connectivity index (χ2n) is 18.1. The van der Waals surface area contributed by atoms with E-state index in [1.807, 2.05) is 18.2 Å². The molecule has 0 aliphatic heterocycles. The summed E-state index contributed by atoms with van der Waals surface area (Å²) in [6, 6.07) is 81.6. The molecule has 10 aromatic carbocycles. The monoisotopic (exact) mass is 851 g/mol. The normalized spacial score (nSPS) is 14.2. The van der Waals surface area contributed by atoms with Crippen LogP contribution in [0, 0.1) is 0 Å². The molecular weight excluding hydrogens is 815 g/mol. The van der Waals surface area contributed by atoms with Crippen LogP contribution in [0.4, 0.5) is 0 Å². The maximum Gasteiger partial charge on any atom is 0.164 e. The van der Waals surface area contributed by atoms with Crippen LogP contribution in [0.2, 0.25) is 0 Å². The van der Waals surface area contributed by atoms with E-state index in [0.29, 0.717) is 17.5 Å². The Labute approximate surface area is 386 Å². The van der Waals surface area contributed by atoms with Crippen LogP contribution >= 0.6 is 0 Å². The summed E-state index contributed by atoms with van der Waals surface area (Å²) in [5.74, 6) is 1.89. The standard InChI is InChI=1S/C63H37N3O/c1-2-17-39(18-3-1)59-64-60(41-31-30-38-16-4-5-19-40(38)36-41)66-61(65-59)42-32-34-50-47(37-42)45-33-35-56-57(46-22-8-15-29-55(46)67-56)58(45)63(50)53-27-13-11-25-51(53)62(52-26-12-14-28-54(52)63)48-23-9-6-20-43(48)44-21-7-10-24-49(44)62/h1-37H. The summed E-state index contributed by atoms with van der Waals surface area (Å²) in [6.07, 6.45) is 0. The highest BCUT2D eigenvalue weighted by atomic mass is 16.3. The Morgan fingerprint density at radius 1 is 0.299 bits per heavy atom. The van der Waals surface area contributed by atoms with Crippen LogP contribution in [-0.4, -0.2) is 15.0 Å². The molecule has 0 fully saturated rings. The van der Waals surface area contributed by atoms with Gasteiger partial charge >= 0.3 is 0 Å². The second-order valence-corrected chi connectivity index (χ2v) is 18.1. The minimum atomic E-state index is -0.717. The fourth-order valence-corrected chi connectivity index (χ4v) is 12.4. The average molecular weight is 852 g/mol. The number of fused-ring (bicyclic) bond motifs is 21. The Morgan fingerprint density at radius 2 is 0.806 bits per heavy atom. The third-order valence-corrected chi connectivity index (χ3v) is 15.0. The number of aromatic nitrogens is 3. The molecule has 0 saturated carbocycles. The SMILES string of the molecule is c1ccc(-c2nc(-c3ccc4c(c3)-c3ccc5oc6ccccc6c5c3C43c4ccccc4C4(c5ccccc5-c5ccccc54)c4ccccc43)nc(-c3ccc4ccccc4c3)n2)cc1. The van der Waals surface area contributed by atoms with E-state index in [1.165, 1.54) is 66.6 Å². The van der Waals surface area contributed by atoms with E-state index in [1.54, 1.807) is 0 Å². The lowest BCUT2D eigenvalue weighted by Gasteiger charge is -2.49. The van der Waals surface area contributed by atoms with Gasteiger partial charge in [0.15, 0.2) is 17.5 Å². The van der Waals surface area contributed by atoms with Gasteiger partial charge in [-0.2, -0.15) is 0 Å². The summed E-state index contributed by atoms with van der Waals surface area (Å²) in [5, 5.41) is 4.56. The number of nitrogens with zero attached hydrogens (tertiary/aromatic N) is 3. The summed E-state index contributed by atoms with van der Waals surface area (Å²) < 4.78 is 6.78. The largest absolute Gasteiger partial charge is 0.456 e. The van der Waals surface area contributed by atoms with Crippen molar-refractivity contribution in [3.63, 3.8) is 0 Å². The molecule has 0 radical (unpaired) electrons. The van der Waals surface area contributed by atoms with Crippen molar-refractivity contribution in [3.05, 3.63) is 269 Å². The van der Waals surface area contributed by atoms with Gasteiger partial charge in [-0.1, -0.05) is 200 Å². The van der Waals surface area contributed by atoms with Crippen molar-refractivity contribution < 1.29 is 4.42 Å². The number of furan rings is 1. The molecular formula is C63H37N3O. The average Bonchev–Trinajstić information content (AvgIpc) is 4.03. The van der Waals surface area contributed by atoms with Crippen molar-refractivity contribution >= 4 is 32.7 Å². The number of rotatable bonds is 3. The van der Waals surface area contributed by atoms with Gasteiger partial charge in [0.05, 0.1) is 10.8 Å². The van der Waals surface area contributed by atoms with Crippen LogP contribution in [0.3, 0.4) is 0 Å². The zero-order valence-corrected chi connectivity index (χ0v) is 36.1. The molecule has 2 aromatic heterocycles. The molecule has 4 nitrogen and oxygen atoms in total. The third kappa shape index (κ3) is 4.73. The molecule has 0 saturated heterocycles. The Bertz CT molecular complexity index is 3980. The molecule has 0 N–H and O–H groups in total. The van der Waals surface area contributed by atoms with Crippen molar-refractivity contribution in [2.24, 2.45) is 0 Å². The van der Waals surface area contributed by atoms with Gasteiger partial charge in [0.1, 0.15) is 11.2 Å². The zero-order chi connectivity index (χ0) is 43.8. The first kappa shape index (κ1) is 36.6. The van der Waals surface area contributed by atoms with Crippen molar-refractivity contribution in [2.75, 3.05) is 0 Å². The van der Waals surface area contributed by atoms with Gasteiger partial charge in [0, 0.05) is 27.5 Å². The lowest BCUT2D eigenvalue weighted by molar-refractivity contribution is 0.634. The molecule has 2 spiro atoms. The van der Waals surface area contributed by atoms with Crippen LogP contribution in [-0.2, 0) is 10.8 Å². The van der Waals surface area contributed by atoms with Crippen LogP contribution in [0.5, 0.6) is 0 Å². The predicted octanol–water partition coefficient (Wildman–Crippen LogP) is 15.0. The summed E-state index contributed by atoms with van der Waals surface area (Å²) in [6.45, 7) is 0. The van der Waals surface area contributed by atoms with E-state index < -0.39 is 10.8 Å². The van der Waals surface area contributed by atoms with Crippen LogP contribution < -0.4 is 0 Å². The second kappa shape index (κ2) is 13.4. The highest BCUT2D eigenvalue weighted by Gasteiger charge is 2.59. The molecule has 2 heterocycles. The fraction of sp³-hybridized carbons (Fsp3) is 0.0317.